The van der Waals surface area contributed by atoms with E-state index in [1.54, 1.807) is 0 Å². The summed E-state index contributed by atoms with van der Waals surface area (Å²) in [6, 6.07) is 16.1. The molecule has 0 unspecified atom stereocenters. The van der Waals surface area contributed by atoms with Gasteiger partial charge in [0.1, 0.15) is 5.82 Å². The van der Waals surface area contributed by atoms with Gasteiger partial charge in [0.2, 0.25) is 5.91 Å². The zero-order chi connectivity index (χ0) is 17.9. The summed E-state index contributed by atoms with van der Waals surface area (Å²) in [7, 11) is 0. The fraction of sp³-hybridized carbons (Fsp3) is 0.333. The van der Waals surface area contributed by atoms with Crippen LogP contribution in [-0.2, 0) is 16.6 Å². The largest absolute Gasteiger partial charge is 0.342 e. The van der Waals surface area contributed by atoms with Crippen molar-refractivity contribution in [3.63, 3.8) is 0 Å². The second-order valence-electron chi connectivity index (χ2n) is 7.43. The quantitative estimate of drug-likeness (QED) is 0.702. The summed E-state index contributed by atoms with van der Waals surface area (Å²) in [5.74, 6) is 0.975. The highest BCUT2D eigenvalue weighted by Gasteiger charge is 2.13. The number of carbonyl (C=O) groups is 1. The molecule has 0 atom stereocenters. The Balaban J connectivity index is 1.49. The number of para-hydroxylation sites is 2. The van der Waals surface area contributed by atoms with Crippen LogP contribution in [0.5, 0.6) is 0 Å². The fourth-order valence-corrected chi connectivity index (χ4v) is 2.82. The average molecular weight is 335 g/mol. The first-order chi connectivity index (χ1) is 11.9. The Kier molecular flexibility index (Phi) is 4.88. The van der Waals surface area contributed by atoms with Gasteiger partial charge in [-0.3, -0.25) is 4.79 Å². The number of anilines is 1. The lowest BCUT2D eigenvalue weighted by Crippen LogP contribution is -2.13. The lowest BCUT2D eigenvalue weighted by atomic mass is 9.87. The highest BCUT2D eigenvalue weighted by atomic mass is 16.1. The van der Waals surface area contributed by atoms with Crippen molar-refractivity contribution < 1.29 is 4.79 Å². The van der Waals surface area contributed by atoms with E-state index >= 15 is 0 Å². The molecule has 3 aromatic rings. The molecule has 4 nitrogen and oxygen atoms in total. The topological polar surface area (TPSA) is 57.8 Å². The molecule has 25 heavy (non-hydrogen) atoms. The molecule has 2 aromatic carbocycles. The van der Waals surface area contributed by atoms with Gasteiger partial charge in [0.25, 0.3) is 0 Å². The molecule has 0 aliphatic rings. The van der Waals surface area contributed by atoms with E-state index in [1.165, 1.54) is 5.56 Å². The molecule has 2 N–H and O–H groups in total. The third-order valence-corrected chi connectivity index (χ3v) is 4.29. The van der Waals surface area contributed by atoms with Crippen LogP contribution in [0.25, 0.3) is 11.0 Å². The summed E-state index contributed by atoms with van der Waals surface area (Å²) >= 11 is 0. The lowest BCUT2D eigenvalue weighted by Gasteiger charge is -2.19. The van der Waals surface area contributed by atoms with Gasteiger partial charge in [0, 0.05) is 18.5 Å². The number of hydrogen-bond donors (Lipinski definition) is 2. The Morgan fingerprint density at radius 2 is 1.80 bits per heavy atom. The molecule has 0 radical (unpaired) electrons. The van der Waals surface area contributed by atoms with E-state index in [2.05, 4.69) is 48.2 Å². The molecule has 0 saturated heterocycles. The first-order valence-corrected chi connectivity index (χ1v) is 8.76. The van der Waals surface area contributed by atoms with Crippen LogP contribution >= 0.6 is 0 Å². The first-order valence-electron chi connectivity index (χ1n) is 8.76. The van der Waals surface area contributed by atoms with E-state index in [0.29, 0.717) is 6.42 Å². The van der Waals surface area contributed by atoms with Crippen LogP contribution in [0.1, 0.15) is 45.0 Å². The number of amides is 1. The molecule has 130 valence electrons. The van der Waals surface area contributed by atoms with Crippen LogP contribution in [0.2, 0.25) is 0 Å². The zero-order valence-electron chi connectivity index (χ0n) is 15.1. The normalized spacial score (nSPS) is 11.6. The number of aryl methyl sites for hydroxylation is 1. The van der Waals surface area contributed by atoms with Gasteiger partial charge in [0.05, 0.1) is 11.0 Å². The van der Waals surface area contributed by atoms with E-state index in [1.807, 2.05) is 36.4 Å². The highest BCUT2D eigenvalue weighted by Crippen LogP contribution is 2.23. The number of nitrogens with zero attached hydrogens (tertiary/aromatic N) is 1. The van der Waals surface area contributed by atoms with Gasteiger partial charge < -0.3 is 10.3 Å². The van der Waals surface area contributed by atoms with Crippen LogP contribution in [0.3, 0.4) is 0 Å². The molecular weight excluding hydrogens is 310 g/mol. The molecule has 0 saturated carbocycles. The predicted octanol–water partition coefficient (Wildman–Crippen LogP) is 4.82. The summed E-state index contributed by atoms with van der Waals surface area (Å²) < 4.78 is 0. The fourth-order valence-electron chi connectivity index (χ4n) is 2.82. The van der Waals surface area contributed by atoms with Gasteiger partial charge in [0.15, 0.2) is 0 Å². The minimum absolute atomic E-state index is 0.0413. The molecule has 0 aliphatic heterocycles. The molecule has 4 heteroatoms. The summed E-state index contributed by atoms with van der Waals surface area (Å²) in [5.41, 5.74) is 4.24. The third-order valence-electron chi connectivity index (χ3n) is 4.29. The number of benzene rings is 2. The maximum Gasteiger partial charge on any atom is 0.224 e. The van der Waals surface area contributed by atoms with Gasteiger partial charge in [-0.1, -0.05) is 45.0 Å². The van der Waals surface area contributed by atoms with Gasteiger partial charge in [-0.15, -0.1) is 0 Å². The zero-order valence-corrected chi connectivity index (χ0v) is 15.1. The minimum atomic E-state index is 0.0413. The first kappa shape index (κ1) is 17.2. The third kappa shape index (κ3) is 4.47. The van der Waals surface area contributed by atoms with E-state index in [-0.39, 0.29) is 11.3 Å². The number of hydrogen-bond acceptors (Lipinski definition) is 2. The van der Waals surface area contributed by atoms with Crippen molar-refractivity contribution in [1.29, 1.82) is 0 Å². The lowest BCUT2D eigenvalue weighted by molar-refractivity contribution is -0.116. The molecule has 0 bridgehead atoms. The van der Waals surface area contributed by atoms with Crippen LogP contribution in [0.15, 0.2) is 48.5 Å². The summed E-state index contributed by atoms with van der Waals surface area (Å²) in [4.78, 5) is 20.0. The van der Waals surface area contributed by atoms with Crippen LogP contribution < -0.4 is 5.32 Å². The Hall–Kier alpha value is -2.62. The number of imidazole rings is 1. The maximum atomic E-state index is 12.1. The summed E-state index contributed by atoms with van der Waals surface area (Å²) in [5, 5.41) is 2.96. The molecule has 1 amide bonds. The van der Waals surface area contributed by atoms with Gasteiger partial charge in [-0.25, -0.2) is 4.98 Å². The number of aromatic nitrogens is 2. The van der Waals surface area contributed by atoms with E-state index in [9.17, 15) is 4.79 Å². The number of H-pyrrole nitrogens is 1. The van der Waals surface area contributed by atoms with Gasteiger partial charge in [-0.05, 0) is 41.7 Å². The van der Waals surface area contributed by atoms with E-state index < -0.39 is 0 Å². The minimum Gasteiger partial charge on any atom is -0.342 e. The standard InChI is InChI=1S/C21H25N3O/c1-21(2,3)15-11-13-16(14-12-15)22-20(25)10-6-9-19-23-17-7-4-5-8-18(17)24-19/h4-5,7-8,11-14H,6,9-10H2,1-3H3,(H,22,25)(H,23,24). The Morgan fingerprint density at radius 3 is 2.48 bits per heavy atom. The second kappa shape index (κ2) is 7.09. The van der Waals surface area contributed by atoms with Gasteiger partial charge >= 0.3 is 0 Å². The number of aromatic amines is 1. The van der Waals surface area contributed by atoms with Crippen molar-refractivity contribution in [1.82, 2.24) is 9.97 Å². The van der Waals surface area contributed by atoms with Crippen molar-refractivity contribution in [3.8, 4) is 0 Å². The number of rotatable bonds is 5. The average Bonchev–Trinajstić information content (AvgIpc) is 2.97. The molecule has 3 rings (SSSR count). The molecule has 0 fully saturated rings. The summed E-state index contributed by atoms with van der Waals surface area (Å²) in [6.45, 7) is 6.54. The van der Waals surface area contributed by atoms with Crippen LogP contribution in [0, 0.1) is 0 Å². The molecule has 0 spiro atoms. The number of nitrogens with one attached hydrogen (secondary N) is 2. The SMILES string of the molecule is CC(C)(C)c1ccc(NC(=O)CCCc2nc3ccccc3[nH]2)cc1. The van der Waals surface area contributed by atoms with E-state index in [0.717, 1.165) is 35.4 Å². The van der Waals surface area contributed by atoms with Crippen molar-refractivity contribution in [2.24, 2.45) is 0 Å². The van der Waals surface area contributed by atoms with Crippen LogP contribution in [-0.4, -0.2) is 15.9 Å². The maximum absolute atomic E-state index is 12.1. The van der Waals surface area contributed by atoms with Crippen molar-refractivity contribution in [3.05, 3.63) is 59.9 Å². The van der Waals surface area contributed by atoms with Crippen molar-refractivity contribution >= 4 is 22.6 Å². The van der Waals surface area contributed by atoms with E-state index in [4.69, 9.17) is 0 Å². The van der Waals surface area contributed by atoms with Crippen LogP contribution in [0.4, 0.5) is 5.69 Å². The highest BCUT2D eigenvalue weighted by molar-refractivity contribution is 5.90. The Bertz CT molecular complexity index is 824. The summed E-state index contributed by atoms with van der Waals surface area (Å²) in [6.07, 6.45) is 2.02. The smallest absolute Gasteiger partial charge is 0.224 e. The molecular formula is C21H25N3O. The molecule has 1 aromatic heterocycles. The van der Waals surface area contributed by atoms with Crippen molar-refractivity contribution in [2.45, 2.75) is 45.4 Å². The predicted molar refractivity (Wildman–Crippen MR) is 103 cm³/mol. The Morgan fingerprint density at radius 1 is 1.08 bits per heavy atom. The second-order valence-corrected chi connectivity index (χ2v) is 7.43. The number of carbonyl (C=O) groups excluding carboxylic acids is 1. The van der Waals surface area contributed by atoms with Crippen molar-refractivity contribution in [2.75, 3.05) is 5.32 Å². The molecule has 1 heterocycles. The Labute approximate surface area is 148 Å². The monoisotopic (exact) mass is 335 g/mol. The number of fused-ring (bicyclic) bond motifs is 1. The van der Waals surface area contributed by atoms with Gasteiger partial charge in [-0.2, -0.15) is 0 Å². The molecule has 0 aliphatic carbocycles.